The number of carbonyl (C=O) groups excluding carboxylic acids is 1. The maximum atomic E-state index is 12.8. The van der Waals surface area contributed by atoms with Crippen LogP contribution in [0.2, 0.25) is 0 Å². The highest BCUT2D eigenvalue weighted by Gasteiger charge is 2.14. The predicted molar refractivity (Wildman–Crippen MR) is 83.0 cm³/mol. The fraction of sp³-hybridized carbons (Fsp3) is 0.500. The molecule has 1 aromatic rings. The van der Waals surface area contributed by atoms with E-state index >= 15 is 0 Å². The number of nitrogens with one attached hydrogen (secondary N) is 1. The van der Waals surface area contributed by atoms with Gasteiger partial charge in [-0.15, -0.1) is 0 Å². The number of carbonyl (C=O) groups is 1. The standard InChI is InChI=1S/C14H22FN3O3S/c1-12(19)18(11-9-16-22(20,21)17(2)3)10-8-13-4-6-14(15)7-5-13/h4-7,16H,8-11H2,1-3H3. The lowest BCUT2D eigenvalue weighted by Gasteiger charge is -2.22. The minimum Gasteiger partial charge on any atom is -0.341 e. The Kier molecular flexibility index (Phi) is 6.92. The van der Waals surface area contributed by atoms with Crippen molar-refractivity contribution in [3.05, 3.63) is 35.6 Å². The molecule has 8 heteroatoms. The molecule has 6 nitrogen and oxygen atoms in total. The van der Waals surface area contributed by atoms with Gasteiger partial charge in [0.25, 0.3) is 10.2 Å². The van der Waals surface area contributed by atoms with Crippen LogP contribution < -0.4 is 4.72 Å². The number of hydrogen-bond acceptors (Lipinski definition) is 3. The molecule has 0 aliphatic carbocycles. The topological polar surface area (TPSA) is 69.7 Å². The highest BCUT2D eigenvalue weighted by molar-refractivity contribution is 7.87. The van der Waals surface area contributed by atoms with E-state index in [0.717, 1.165) is 9.87 Å². The van der Waals surface area contributed by atoms with E-state index in [-0.39, 0.29) is 24.8 Å². The summed E-state index contributed by atoms with van der Waals surface area (Å²) in [5, 5.41) is 0. The summed E-state index contributed by atoms with van der Waals surface area (Å²) < 4.78 is 39.4. The molecule has 1 rings (SSSR count). The van der Waals surface area contributed by atoms with E-state index in [1.807, 2.05) is 0 Å². The van der Waals surface area contributed by atoms with Crippen LogP contribution in [0.4, 0.5) is 4.39 Å². The summed E-state index contributed by atoms with van der Waals surface area (Å²) in [5.74, 6) is -0.434. The second-order valence-electron chi connectivity index (χ2n) is 5.06. The Morgan fingerprint density at radius 2 is 1.77 bits per heavy atom. The Hall–Kier alpha value is -1.51. The second-order valence-corrected chi connectivity index (χ2v) is 7.03. The molecule has 0 aliphatic heterocycles. The van der Waals surface area contributed by atoms with Crippen molar-refractivity contribution in [2.75, 3.05) is 33.7 Å². The zero-order valence-corrected chi connectivity index (χ0v) is 13.9. The number of hydrogen-bond donors (Lipinski definition) is 1. The Morgan fingerprint density at radius 3 is 2.27 bits per heavy atom. The van der Waals surface area contributed by atoms with Crippen molar-refractivity contribution in [1.29, 1.82) is 0 Å². The summed E-state index contributed by atoms with van der Waals surface area (Å²) in [6.07, 6.45) is 0.584. The van der Waals surface area contributed by atoms with Crippen LogP contribution in [-0.2, 0) is 21.4 Å². The van der Waals surface area contributed by atoms with Crippen LogP contribution in [0.1, 0.15) is 12.5 Å². The molecule has 0 saturated heterocycles. The van der Waals surface area contributed by atoms with E-state index in [1.54, 1.807) is 17.0 Å². The maximum absolute atomic E-state index is 12.8. The van der Waals surface area contributed by atoms with Gasteiger partial charge < -0.3 is 4.90 Å². The third kappa shape index (κ3) is 6.08. The normalized spacial score (nSPS) is 11.7. The highest BCUT2D eigenvalue weighted by atomic mass is 32.2. The minimum absolute atomic E-state index is 0.133. The Balaban J connectivity index is 2.49. The van der Waals surface area contributed by atoms with Crippen LogP contribution in [0.25, 0.3) is 0 Å². The molecular formula is C14H22FN3O3S. The van der Waals surface area contributed by atoms with Gasteiger partial charge in [0, 0.05) is 40.7 Å². The van der Waals surface area contributed by atoms with Gasteiger partial charge in [-0.1, -0.05) is 12.1 Å². The minimum atomic E-state index is -3.49. The maximum Gasteiger partial charge on any atom is 0.278 e. The average Bonchev–Trinajstić information content (AvgIpc) is 2.43. The van der Waals surface area contributed by atoms with Gasteiger partial charge in [0.15, 0.2) is 0 Å². The van der Waals surface area contributed by atoms with Gasteiger partial charge in [0.2, 0.25) is 5.91 Å². The van der Waals surface area contributed by atoms with Crippen LogP contribution >= 0.6 is 0 Å². The van der Waals surface area contributed by atoms with Gasteiger partial charge in [-0.05, 0) is 24.1 Å². The first-order valence-corrected chi connectivity index (χ1v) is 8.33. The molecule has 0 aliphatic rings. The largest absolute Gasteiger partial charge is 0.341 e. The summed E-state index contributed by atoms with van der Waals surface area (Å²) in [4.78, 5) is 13.1. The van der Waals surface area contributed by atoms with E-state index in [2.05, 4.69) is 4.72 Å². The van der Waals surface area contributed by atoms with Gasteiger partial charge in [-0.25, -0.2) is 9.11 Å². The number of rotatable bonds is 8. The Bertz CT molecular complexity index is 588. The molecule has 0 bridgehead atoms. The van der Waals surface area contributed by atoms with Crippen molar-refractivity contribution in [1.82, 2.24) is 13.9 Å². The van der Waals surface area contributed by atoms with Crippen molar-refractivity contribution in [2.24, 2.45) is 0 Å². The van der Waals surface area contributed by atoms with E-state index in [4.69, 9.17) is 0 Å². The van der Waals surface area contributed by atoms with Gasteiger partial charge in [0.1, 0.15) is 5.82 Å². The van der Waals surface area contributed by atoms with E-state index in [9.17, 15) is 17.6 Å². The van der Waals surface area contributed by atoms with E-state index in [0.29, 0.717) is 13.0 Å². The van der Waals surface area contributed by atoms with E-state index in [1.165, 1.54) is 33.2 Å². The van der Waals surface area contributed by atoms with Crippen LogP contribution in [0.5, 0.6) is 0 Å². The fourth-order valence-electron chi connectivity index (χ4n) is 1.78. The van der Waals surface area contributed by atoms with Crippen LogP contribution in [0.15, 0.2) is 24.3 Å². The molecule has 0 unspecified atom stereocenters. The summed E-state index contributed by atoms with van der Waals surface area (Å²) in [6.45, 7) is 2.31. The zero-order chi connectivity index (χ0) is 16.8. The predicted octanol–water partition coefficient (Wildman–Crippen LogP) is 0.613. The van der Waals surface area contributed by atoms with E-state index < -0.39 is 10.2 Å². The first-order valence-electron chi connectivity index (χ1n) is 6.89. The average molecular weight is 331 g/mol. The quantitative estimate of drug-likeness (QED) is 0.759. The van der Waals surface area contributed by atoms with Crippen molar-refractivity contribution >= 4 is 16.1 Å². The second kappa shape index (κ2) is 8.21. The molecule has 0 atom stereocenters. The Morgan fingerprint density at radius 1 is 1.18 bits per heavy atom. The van der Waals surface area contributed by atoms with Crippen LogP contribution in [-0.4, -0.2) is 57.3 Å². The summed E-state index contributed by atoms with van der Waals surface area (Å²) >= 11 is 0. The van der Waals surface area contributed by atoms with Crippen molar-refractivity contribution in [2.45, 2.75) is 13.3 Å². The number of halogens is 1. The summed E-state index contributed by atoms with van der Waals surface area (Å²) in [7, 11) is -0.627. The van der Waals surface area contributed by atoms with Gasteiger partial charge in [-0.2, -0.15) is 12.7 Å². The lowest BCUT2D eigenvalue weighted by molar-refractivity contribution is -0.128. The molecule has 0 heterocycles. The molecule has 0 radical (unpaired) electrons. The third-order valence-electron chi connectivity index (χ3n) is 3.18. The Labute approximate surface area is 131 Å². The smallest absolute Gasteiger partial charge is 0.278 e. The first kappa shape index (κ1) is 18.5. The van der Waals surface area contributed by atoms with Crippen molar-refractivity contribution < 1.29 is 17.6 Å². The molecule has 0 spiro atoms. The lowest BCUT2D eigenvalue weighted by atomic mass is 10.1. The lowest BCUT2D eigenvalue weighted by Crippen LogP contribution is -2.42. The molecule has 0 aromatic heterocycles. The van der Waals surface area contributed by atoms with Gasteiger partial charge >= 0.3 is 0 Å². The molecule has 22 heavy (non-hydrogen) atoms. The first-order chi connectivity index (χ1) is 10.2. The number of benzene rings is 1. The zero-order valence-electron chi connectivity index (χ0n) is 13.0. The molecule has 124 valence electrons. The number of nitrogens with zero attached hydrogens (tertiary/aromatic N) is 2. The third-order valence-corrected chi connectivity index (χ3v) is 4.71. The van der Waals surface area contributed by atoms with Crippen LogP contribution in [0.3, 0.4) is 0 Å². The molecule has 0 fully saturated rings. The van der Waals surface area contributed by atoms with Gasteiger partial charge in [-0.3, -0.25) is 4.79 Å². The van der Waals surface area contributed by atoms with Gasteiger partial charge in [0.05, 0.1) is 0 Å². The fourth-order valence-corrected chi connectivity index (χ4v) is 2.39. The molecular weight excluding hydrogens is 309 g/mol. The molecule has 1 aromatic carbocycles. The highest BCUT2D eigenvalue weighted by Crippen LogP contribution is 2.05. The summed E-state index contributed by atoms with van der Waals surface area (Å²) in [5.41, 5.74) is 0.918. The van der Waals surface area contributed by atoms with Crippen LogP contribution in [0, 0.1) is 5.82 Å². The summed E-state index contributed by atoms with van der Waals surface area (Å²) in [6, 6.07) is 6.09. The SMILES string of the molecule is CC(=O)N(CCNS(=O)(=O)N(C)C)CCc1ccc(F)cc1. The molecule has 1 N–H and O–H groups in total. The molecule has 0 saturated carbocycles. The number of amides is 1. The molecule has 1 amide bonds. The van der Waals surface area contributed by atoms with Crippen molar-refractivity contribution in [3.8, 4) is 0 Å². The monoisotopic (exact) mass is 331 g/mol. The van der Waals surface area contributed by atoms with Crippen molar-refractivity contribution in [3.63, 3.8) is 0 Å².